The molecule has 2 aromatic rings. The molecule has 0 spiro atoms. The second-order valence-corrected chi connectivity index (χ2v) is 3.54. The predicted molar refractivity (Wildman–Crippen MR) is 63.4 cm³/mol. The molecule has 0 unspecified atom stereocenters. The van der Waals surface area contributed by atoms with Crippen LogP contribution in [0.1, 0.15) is 0 Å². The normalized spacial score (nSPS) is 9.93. The fourth-order valence-electron chi connectivity index (χ4n) is 1.26. The van der Waals surface area contributed by atoms with Crippen LogP contribution in [0.2, 0.25) is 5.02 Å². The molecule has 15 heavy (non-hydrogen) atoms. The molecule has 1 aromatic carbocycles. The highest BCUT2D eigenvalue weighted by Gasteiger charge is 1.96. The van der Waals surface area contributed by atoms with E-state index in [0.717, 1.165) is 11.4 Å². The Balaban J connectivity index is 2.22. The number of rotatable bonds is 2. The molecular weight excluding hydrogens is 210 g/mol. The number of benzene rings is 1. The maximum absolute atomic E-state index is 5.87. The minimum atomic E-state index is 0.488. The monoisotopic (exact) mass is 219 g/mol. The highest BCUT2D eigenvalue weighted by Crippen LogP contribution is 2.20. The van der Waals surface area contributed by atoms with Gasteiger partial charge in [-0.15, -0.1) is 0 Å². The molecule has 3 N–H and O–H groups in total. The zero-order valence-electron chi connectivity index (χ0n) is 7.94. The van der Waals surface area contributed by atoms with Gasteiger partial charge in [0.15, 0.2) is 0 Å². The van der Waals surface area contributed by atoms with Crippen molar-refractivity contribution >= 4 is 28.8 Å². The Morgan fingerprint density at radius 3 is 2.67 bits per heavy atom. The average Bonchev–Trinajstić information content (AvgIpc) is 2.17. The van der Waals surface area contributed by atoms with E-state index in [0.29, 0.717) is 10.8 Å². The molecule has 0 saturated carbocycles. The van der Waals surface area contributed by atoms with Crippen LogP contribution < -0.4 is 11.1 Å². The van der Waals surface area contributed by atoms with Gasteiger partial charge in [-0.3, -0.25) is 0 Å². The summed E-state index contributed by atoms with van der Waals surface area (Å²) in [6.45, 7) is 0. The molecule has 76 valence electrons. The number of halogens is 1. The number of pyridine rings is 1. The van der Waals surface area contributed by atoms with Gasteiger partial charge < -0.3 is 11.1 Å². The molecule has 1 aromatic heterocycles. The summed E-state index contributed by atoms with van der Waals surface area (Å²) in [6, 6.07) is 11.1. The highest BCUT2D eigenvalue weighted by atomic mass is 35.5. The molecule has 0 aliphatic heterocycles. The van der Waals surface area contributed by atoms with E-state index >= 15 is 0 Å². The van der Waals surface area contributed by atoms with Crippen molar-refractivity contribution < 1.29 is 0 Å². The summed E-state index contributed by atoms with van der Waals surface area (Å²) in [5.74, 6) is 0.488. The summed E-state index contributed by atoms with van der Waals surface area (Å²) < 4.78 is 0. The SMILES string of the molecule is Nc1cc(Nc2cccc(Cl)c2)ccn1. The Hall–Kier alpha value is -1.74. The molecule has 2 rings (SSSR count). The van der Waals surface area contributed by atoms with Crippen LogP contribution in [0.5, 0.6) is 0 Å². The molecule has 0 amide bonds. The van der Waals surface area contributed by atoms with Crippen molar-refractivity contribution in [2.75, 3.05) is 11.1 Å². The number of nitrogens with one attached hydrogen (secondary N) is 1. The topological polar surface area (TPSA) is 50.9 Å². The summed E-state index contributed by atoms with van der Waals surface area (Å²) in [5, 5.41) is 3.88. The molecule has 0 aliphatic carbocycles. The Kier molecular flexibility index (Phi) is 2.74. The standard InChI is InChI=1S/C11H10ClN3/c12-8-2-1-3-9(6-8)15-10-4-5-14-11(13)7-10/h1-7H,(H3,13,14,15). The van der Waals surface area contributed by atoms with Gasteiger partial charge in [0.1, 0.15) is 5.82 Å². The van der Waals surface area contributed by atoms with Gasteiger partial charge in [-0.2, -0.15) is 0 Å². The van der Waals surface area contributed by atoms with Crippen LogP contribution in [0.3, 0.4) is 0 Å². The number of nitrogens with zero attached hydrogens (tertiary/aromatic N) is 1. The highest BCUT2D eigenvalue weighted by molar-refractivity contribution is 6.30. The zero-order valence-corrected chi connectivity index (χ0v) is 8.70. The van der Waals surface area contributed by atoms with E-state index < -0.39 is 0 Å². The fourth-order valence-corrected chi connectivity index (χ4v) is 1.45. The van der Waals surface area contributed by atoms with E-state index in [-0.39, 0.29) is 0 Å². The number of hydrogen-bond donors (Lipinski definition) is 2. The largest absolute Gasteiger partial charge is 0.384 e. The second-order valence-electron chi connectivity index (χ2n) is 3.10. The number of nitrogens with two attached hydrogens (primary N) is 1. The number of nitrogen functional groups attached to an aromatic ring is 1. The van der Waals surface area contributed by atoms with Gasteiger partial charge in [0.2, 0.25) is 0 Å². The van der Waals surface area contributed by atoms with Crippen LogP contribution in [0, 0.1) is 0 Å². The van der Waals surface area contributed by atoms with Crippen LogP contribution in [0.15, 0.2) is 42.6 Å². The van der Waals surface area contributed by atoms with Gasteiger partial charge >= 0.3 is 0 Å². The Morgan fingerprint density at radius 1 is 1.13 bits per heavy atom. The lowest BCUT2D eigenvalue weighted by atomic mass is 10.3. The van der Waals surface area contributed by atoms with Crippen molar-refractivity contribution in [2.24, 2.45) is 0 Å². The van der Waals surface area contributed by atoms with Crippen molar-refractivity contribution in [3.8, 4) is 0 Å². The minimum absolute atomic E-state index is 0.488. The van der Waals surface area contributed by atoms with Crippen LogP contribution >= 0.6 is 11.6 Å². The lowest BCUT2D eigenvalue weighted by molar-refractivity contribution is 1.33. The van der Waals surface area contributed by atoms with Gasteiger partial charge in [-0.1, -0.05) is 17.7 Å². The van der Waals surface area contributed by atoms with Gasteiger partial charge in [-0.05, 0) is 24.3 Å². The maximum atomic E-state index is 5.87. The van der Waals surface area contributed by atoms with E-state index in [1.54, 1.807) is 12.3 Å². The summed E-state index contributed by atoms with van der Waals surface area (Å²) in [4.78, 5) is 3.91. The van der Waals surface area contributed by atoms with Crippen molar-refractivity contribution in [3.05, 3.63) is 47.6 Å². The average molecular weight is 220 g/mol. The Morgan fingerprint density at radius 2 is 1.93 bits per heavy atom. The first kappa shape index (κ1) is 9.80. The van der Waals surface area contributed by atoms with Crippen LogP contribution in [0.4, 0.5) is 17.2 Å². The van der Waals surface area contributed by atoms with E-state index in [2.05, 4.69) is 10.3 Å². The van der Waals surface area contributed by atoms with Gasteiger partial charge in [0, 0.05) is 28.7 Å². The van der Waals surface area contributed by atoms with E-state index in [1.807, 2.05) is 30.3 Å². The summed E-state index contributed by atoms with van der Waals surface area (Å²) in [7, 11) is 0. The molecule has 0 saturated heterocycles. The van der Waals surface area contributed by atoms with Crippen molar-refractivity contribution in [1.82, 2.24) is 4.98 Å². The molecule has 1 heterocycles. The van der Waals surface area contributed by atoms with Gasteiger partial charge in [-0.25, -0.2) is 4.98 Å². The van der Waals surface area contributed by atoms with Gasteiger partial charge in [0.05, 0.1) is 0 Å². The van der Waals surface area contributed by atoms with E-state index in [9.17, 15) is 0 Å². The zero-order chi connectivity index (χ0) is 10.7. The maximum Gasteiger partial charge on any atom is 0.125 e. The quantitative estimate of drug-likeness (QED) is 0.816. The van der Waals surface area contributed by atoms with Crippen molar-refractivity contribution in [1.29, 1.82) is 0 Å². The lowest BCUT2D eigenvalue weighted by Crippen LogP contribution is -1.93. The van der Waals surface area contributed by atoms with E-state index in [4.69, 9.17) is 17.3 Å². The summed E-state index contributed by atoms with van der Waals surface area (Å²) >= 11 is 5.87. The first-order valence-corrected chi connectivity index (χ1v) is 4.86. The van der Waals surface area contributed by atoms with Crippen LogP contribution in [0.25, 0.3) is 0 Å². The Bertz CT molecular complexity index is 427. The lowest BCUT2D eigenvalue weighted by Gasteiger charge is -2.06. The van der Waals surface area contributed by atoms with Gasteiger partial charge in [0.25, 0.3) is 0 Å². The van der Waals surface area contributed by atoms with Crippen molar-refractivity contribution in [3.63, 3.8) is 0 Å². The fraction of sp³-hybridized carbons (Fsp3) is 0. The smallest absolute Gasteiger partial charge is 0.125 e. The summed E-state index contributed by atoms with van der Waals surface area (Å²) in [6.07, 6.45) is 1.65. The van der Waals surface area contributed by atoms with Crippen LogP contribution in [-0.4, -0.2) is 4.98 Å². The Labute approximate surface area is 92.9 Å². The molecule has 4 heteroatoms. The molecule has 0 atom stereocenters. The summed E-state index contributed by atoms with van der Waals surface area (Å²) in [5.41, 5.74) is 7.38. The molecule has 0 radical (unpaired) electrons. The van der Waals surface area contributed by atoms with E-state index in [1.165, 1.54) is 0 Å². The number of hydrogen-bond acceptors (Lipinski definition) is 3. The third-order valence-corrected chi connectivity index (χ3v) is 2.13. The second kappa shape index (κ2) is 4.19. The minimum Gasteiger partial charge on any atom is -0.384 e. The first-order chi connectivity index (χ1) is 7.24. The molecule has 0 aliphatic rings. The number of anilines is 3. The first-order valence-electron chi connectivity index (χ1n) is 4.48. The molecular formula is C11H10ClN3. The predicted octanol–water partition coefficient (Wildman–Crippen LogP) is 3.06. The molecule has 3 nitrogen and oxygen atoms in total. The molecule has 0 fully saturated rings. The third kappa shape index (κ3) is 2.60. The number of aromatic nitrogens is 1. The third-order valence-electron chi connectivity index (χ3n) is 1.89. The van der Waals surface area contributed by atoms with Crippen molar-refractivity contribution in [2.45, 2.75) is 0 Å². The van der Waals surface area contributed by atoms with Crippen LogP contribution in [-0.2, 0) is 0 Å². The molecule has 0 bridgehead atoms.